The van der Waals surface area contributed by atoms with Crippen molar-refractivity contribution in [3.05, 3.63) is 65.2 Å². The number of ether oxygens (including phenoxy) is 1. The molecule has 2 aromatic rings. The lowest BCUT2D eigenvalue weighted by atomic mass is 10.1. The smallest absolute Gasteiger partial charge is 0.416 e. The third-order valence-corrected chi connectivity index (χ3v) is 4.15. The first kappa shape index (κ1) is 18.8. The number of nitrogens with one attached hydrogen (secondary N) is 1. The van der Waals surface area contributed by atoms with E-state index in [0.29, 0.717) is 5.69 Å². The van der Waals surface area contributed by atoms with Crippen LogP contribution in [0.3, 0.4) is 0 Å². The van der Waals surface area contributed by atoms with E-state index in [2.05, 4.69) is 5.32 Å². The minimum Gasteiger partial charge on any atom is -0.442 e. The lowest BCUT2D eigenvalue weighted by Crippen LogP contribution is -2.34. The lowest BCUT2D eigenvalue weighted by molar-refractivity contribution is -0.137. The first-order chi connectivity index (χ1) is 12.7. The van der Waals surface area contributed by atoms with Crippen molar-refractivity contribution in [3.63, 3.8) is 0 Å². The van der Waals surface area contributed by atoms with Crippen LogP contribution in [0.4, 0.5) is 23.7 Å². The Kier molecular flexibility index (Phi) is 5.07. The number of anilines is 1. The lowest BCUT2D eigenvalue weighted by Gasteiger charge is -2.13. The third kappa shape index (κ3) is 4.39. The van der Waals surface area contributed by atoms with Gasteiger partial charge in [-0.15, -0.1) is 0 Å². The van der Waals surface area contributed by atoms with E-state index in [0.717, 1.165) is 29.8 Å². The number of hydrogen-bond acceptors (Lipinski definition) is 3. The molecule has 1 aliphatic rings. The molecule has 0 radical (unpaired) electrons. The number of amides is 2. The highest BCUT2D eigenvalue weighted by atomic mass is 19.4. The summed E-state index contributed by atoms with van der Waals surface area (Å²) in [6.45, 7) is 2.25. The summed E-state index contributed by atoms with van der Waals surface area (Å²) in [5, 5.41) is 2.58. The van der Waals surface area contributed by atoms with Crippen LogP contribution < -0.4 is 10.2 Å². The quantitative estimate of drug-likeness (QED) is 0.881. The second kappa shape index (κ2) is 7.30. The second-order valence-electron chi connectivity index (χ2n) is 6.24. The molecule has 27 heavy (non-hydrogen) atoms. The van der Waals surface area contributed by atoms with E-state index in [1.165, 1.54) is 4.90 Å². The molecular formula is C19H17F3N2O3. The first-order valence-electron chi connectivity index (χ1n) is 8.24. The van der Waals surface area contributed by atoms with E-state index in [-0.39, 0.29) is 18.7 Å². The summed E-state index contributed by atoms with van der Waals surface area (Å²) in [7, 11) is 0. The summed E-state index contributed by atoms with van der Waals surface area (Å²) in [6, 6.07) is 11.3. The number of hydrogen-bond donors (Lipinski definition) is 1. The summed E-state index contributed by atoms with van der Waals surface area (Å²) >= 11 is 0. The predicted molar refractivity (Wildman–Crippen MR) is 92.6 cm³/mol. The Balaban J connectivity index is 1.57. The molecule has 0 aliphatic carbocycles. The molecule has 5 nitrogen and oxygen atoms in total. The number of carbonyl (C=O) groups excluding carboxylic acids is 2. The van der Waals surface area contributed by atoms with Crippen molar-refractivity contribution >= 4 is 17.7 Å². The summed E-state index contributed by atoms with van der Waals surface area (Å²) in [5.41, 5.74) is 0.983. The van der Waals surface area contributed by atoms with Crippen LogP contribution in [0.15, 0.2) is 48.5 Å². The van der Waals surface area contributed by atoms with Gasteiger partial charge in [0.25, 0.3) is 5.91 Å². The number of rotatable bonds is 4. The van der Waals surface area contributed by atoms with Crippen LogP contribution in [-0.2, 0) is 10.9 Å². The van der Waals surface area contributed by atoms with Gasteiger partial charge in [-0.3, -0.25) is 9.69 Å². The zero-order valence-electron chi connectivity index (χ0n) is 14.4. The molecule has 1 N–H and O–H groups in total. The number of nitrogens with zero attached hydrogens (tertiary/aromatic N) is 1. The molecule has 8 heteroatoms. The Hall–Kier alpha value is -3.03. The van der Waals surface area contributed by atoms with Crippen molar-refractivity contribution in [1.82, 2.24) is 5.32 Å². The van der Waals surface area contributed by atoms with Crippen LogP contribution in [0, 0.1) is 6.92 Å². The van der Waals surface area contributed by atoms with Crippen molar-refractivity contribution in [3.8, 4) is 0 Å². The fourth-order valence-corrected chi connectivity index (χ4v) is 2.75. The van der Waals surface area contributed by atoms with Gasteiger partial charge in [0.05, 0.1) is 18.7 Å². The summed E-state index contributed by atoms with van der Waals surface area (Å²) in [5.74, 6) is -0.534. The fourth-order valence-electron chi connectivity index (χ4n) is 2.75. The van der Waals surface area contributed by atoms with E-state index in [1.54, 1.807) is 6.07 Å². The molecule has 0 saturated carbocycles. The van der Waals surface area contributed by atoms with Gasteiger partial charge in [-0.05, 0) is 48.9 Å². The molecular weight excluding hydrogens is 361 g/mol. The van der Waals surface area contributed by atoms with Crippen molar-refractivity contribution in [1.29, 1.82) is 0 Å². The van der Waals surface area contributed by atoms with Gasteiger partial charge in [-0.25, -0.2) is 4.79 Å². The maximum absolute atomic E-state index is 12.6. The maximum Gasteiger partial charge on any atom is 0.416 e. The van der Waals surface area contributed by atoms with Crippen LogP contribution in [0.2, 0.25) is 0 Å². The monoisotopic (exact) mass is 378 g/mol. The van der Waals surface area contributed by atoms with Gasteiger partial charge in [-0.1, -0.05) is 12.1 Å². The highest BCUT2D eigenvalue weighted by molar-refractivity contribution is 5.94. The average molecular weight is 378 g/mol. The Morgan fingerprint density at radius 1 is 1.22 bits per heavy atom. The summed E-state index contributed by atoms with van der Waals surface area (Å²) in [6.07, 6.45) is -5.50. The van der Waals surface area contributed by atoms with E-state index in [4.69, 9.17) is 4.74 Å². The van der Waals surface area contributed by atoms with Crippen LogP contribution >= 0.6 is 0 Å². The molecule has 142 valence electrons. The van der Waals surface area contributed by atoms with Crippen molar-refractivity contribution in [2.45, 2.75) is 19.2 Å². The van der Waals surface area contributed by atoms with Gasteiger partial charge in [0.15, 0.2) is 0 Å². The van der Waals surface area contributed by atoms with E-state index in [1.807, 2.05) is 25.1 Å². The van der Waals surface area contributed by atoms with Crippen LogP contribution in [0.1, 0.15) is 21.5 Å². The van der Waals surface area contributed by atoms with Crippen molar-refractivity contribution in [2.75, 3.05) is 18.0 Å². The minimum absolute atomic E-state index is 0.0634. The summed E-state index contributed by atoms with van der Waals surface area (Å²) in [4.78, 5) is 25.6. The summed E-state index contributed by atoms with van der Waals surface area (Å²) < 4.78 is 42.9. The predicted octanol–water partition coefficient (Wildman–Crippen LogP) is 3.77. The zero-order valence-corrected chi connectivity index (χ0v) is 14.4. The van der Waals surface area contributed by atoms with Gasteiger partial charge in [0.2, 0.25) is 0 Å². The molecule has 1 atom stereocenters. The number of benzene rings is 2. The fraction of sp³-hybridized carbons (Fsp3) is 0.263. The molecule has 0 bridgehead atoms. The van der Waals surface area contributed by atoms with Gasteiger partial charge >= 0.3 is 12.3 Å². The highest BCUT2D eigenvalue weighted by Crippen LogP contribution is 2.29. The number of aryl methyl sites for hydroxylation is 1. The Morgan fingerprint density at radius 3 is 2.56 bits per heavy atom. The molecule has 0 aromatic heterocycles. The standard InChI is InChI=1S/C19H17F3N2O3/c1-12-3-2-4-15(9-12)24-11-16(27-18(24)26)10-23-17(25)13-5-7-14(8-6-13)19(20,21)22/h2-9,16H,10-11H2,1H3,(H,23,25). The molecule has 1 fully saturated rings. The first-order valence-corrected chi connectivity index (χ1v) is 8.24. The number of halogens is 3. The Morgan fingerprint density at radius 2 is 1.93 bits per heavy atom. The topological polar surface area (TPSA) is 58.6 Å². The molecule has 1 saturated heterocycles. The van der Waals surface area contributed by atoms with E-state index >= 15 is 0 Å². The number of carbonyl (C=O) groups is 2. The Bertz CT molecular complexity index is 850. The molecule has 2 amide bonds. The molecule has 0 spiro atoms. The largest absolute Gasteiger partial charge is 0.442 e. The molecule has 1 aliphatic heterocycles. The minimum atomic E-state index is -4.45. The van der Waals surface area contributed by atoms with Gasteiger partial charge < -0.3 is 10.1 Å². The molecule has 1 unspecified atom stereocenters. The SMILES string of the molecule is Cc1cccc(N2CC(CNC(=O)c3ccc(C(F)(F)F)cc3)OC2=O)c1. The maximum atomic E-state index is 12.6. The van der Waals surface area contributed by atoms with E-state index in [9.17, 15) is 22.8 Å². The normalized spacial score (nSPS) is 17.0. The van der Waals surface area contributed by atoms with Gasteiger partial charge in [0, 0.05) is 11.3 Å². The van der Waals surface area contributed by atoms with Crippen molar-refractivity contribution < 1.29 is 27.5 Å². The molecule has 3 rings (SSSR count). The Labute approximate surface area is 153 Å². The molecule has 2 aromatic carbocycles. The van der Waals surface area contributed by atoms with Gasteiger partial charge in [0.1, 0.15) is 6.10 Å². The number of alkyl halides is 3. The van der Waals surface area contributed by atoms with Crippen LogP contribution in [-0.4, -0.2) is 31.2 Å². The zero-order chi connectivity index (χ0) is 19.6. The third-order valence-electron chi connectivity index (χ3n) is 4.15. The average Bonchev–Trinajstić information content (AvgIpc) is 3.00. The van der Waals surface area contributed by atoms with Crippen LogP contribution in [0.5, 0.6) is 0 Å². The second-order valence-corrected chi connectivity index (χ2v) is 6.24. The van der Waals surface area contributed by atoms with E-state index < -0.39 is 29.8 Å². The van der Waals surface area contributed by atoms with Crippen LogP contribution in [0.25, 0.3) is 0 Å². The number of cyclic esters (lactones) is 1. The van der Waals surface area contributed by atoms with Crippen molar-refractivity contribution in [2.24, 2.45) is 0 Å². The van der Waals surface area contributed by atoms with Gasteiger partial charge in [-0.2, -0.15) is 13.2 Å². The molecule has 1 heterocycles. The highest BCUT2D eigenvalue weighted by Gasteiger charge is 2.33.